The molecular formula is C23H20Cl2O4. The van der Waals surface area contributed by atoms with E-state index in [0.717, 1.165) is 22.8 Å². The number of carbonyl (C=O) groups is 1. The largest absolute Gasteiger partial charge is 0.507 e. The van der Waals surface area contributed by atoms with Crippen LogP contribution >= 0.6 is 23.2 Å². The summed E-state index contributed by atoms with van der Waals surface area (Å²) in [6, 6.07) is 16.7. The van der Waals surface area contributed by atoms with Crippen molar-refractivity contribution in [3.05, 3.63) is 92.5 Å². The van der Waals surface area contributed by atoms with Crippen LogP contribution in [0.15, 0.2) is 54.6 Å². The maximum Gasteiger partial charge on any atom is 0.341 e. The summed E-state index contributed by atoms with van der Waals surface area (Å²) in [7, 11) is 1.23. The van der Waals surface area contributed by atoms with Crippen LogP contribution < -0.4 is 0 Å². The molecule has 4 nitrogen and oxygen atoms in total. The van der Waals surface area contributed by atoms with Gasteiger partial charge in [0.2, 0.25) is 0 Å². The summed E-state index contributed by atoms with van der Waals surface area (Å²) in [5, 5.41) is 20.8. The number of phenolic OH excluding ortho intramolecular Hbond substituents is 2. The molecule has 29 heavy (non-hydrogen) atoms. The summed E-state index contributed by atoms with van der Waals surface area (Å²) < 4.78 is 4.77. The summed E-state index contributed by atoms with van der Waals surface area (Å²) >= 11 is 12.3. The molecule has 150 valence electrons. The van der Waals surface area contributed by atoms with Gasteiger partial charge in [0.05, 0.1) is 12.1 Å². The highest BCUT2D eigenvalue weighted by molar-refractivity contribution is 6.33. The molecule has 3 rings (SSSR count). The van der Waals surface area contributed by atoms with Gasteiger partial charge >= 0.3 is 5.97 Å². The number of esters is 1. The Morgan fingerprint density at radius 3 is 2.34 bits per heavy atom. The van der Waals surface area contributed by atoms with E-state index in [2.05, 4.69) is 0 Å². The fourth-order valence-corrected chi connectivity index (χ4v) is 3.81. The lowest BCUT2D eigenvalue weighted by molar-refractivity contribution is 0.0596. The normalized spacial score (nSPS) is 10.7. The van der Waals surface area contributed by atoms with E-state index in [0.29, 0.717) is 29.8 Å². The second-order valence-electron chi connectivity index (χ2n) is 6.65. The number of aromatic hydroxyl groups is 2. The van der Waals surface area contributed by atoms with Gasteiger partial charge in [0, 0.05) is 11.1 Å². The molecule has 0 atom stereocenters. The van der Waals surface area contributed by atoms with E-state index >= 15 is 0 Å². The van der Waals surface area contributed by atoms with Gasteiger partial charge in [0.15, 0.2) is 0 Å². The maximum absolute atomic E-state index is 12.1. The van der Waals surface area contributed by atoms with Gasteiger partial charge in [-0.3, -0.25) is 0 Å². The van der Waals surface area contributed by atoms with Gasteiger partial charge in [-0.15, -0.1) is 0 Å². The number of hydrogen-bond acceptors (Lipinski definition) is 4. The van der Waals surface area contributed by atoms with Crippen LogP contribution in [0.1, 0.15) is 32.6 Å². The molecule has 0 radical (unpaired) electrons. The molecule has 3 aromatic carbocycles. The van der Waals surface area contributed by atoms with E-state index in [1.165, 1.54) is 7.11 Å². The summed E-state index contributed by atoms with van der Waals surface area (Å²) in [5.74, 6) is -1.34. The Bertz CT molecular complexity index is 1050. The van der Waals surface area contributed by atoms with Gasteiger partial charge in [0.1, 0.15) is 17.1 Å². The van der Waals surface area contributed by atoms with E-state index in [1.54, 1.807) is 0 Å². The van der Waals surface area contributed by atoms with E-state index in [1.807, 2.05) is 48.5 Å². The van der Waals surface area contributed by atoms with Crippen molar-refractivity contribution in [3.63, 3.8) is 0 Å². The topological polar surface area (TPSA) is 66.8 Å². The van der Waals surface area contributed by atoms with Gasteiger partial charge < -0.3 is 14.9 Å². The Labute approximate surface area is 179 Å². The van der Waals surface area contributed by atoms with Crippen molar-refractivity contribution in [1.82, 2.24) is 0 Å². The Morgan fingerprint density at radius 2 is 1.66 bits per heavy atom. The van der Waals surface area contributed by atoms with Crippen molar-refractivity contribution in [2.75, 3.05) is 7.11 Å². The minimum absolute atomic E-state index is 0.0253. The van der Waals surface area contributed by atoms with Gasteiger partial charge in [-0.2, -0.15) is 0 Å². The zero-order valence-electron chi connectivity index (χ0n) is 15.8. The summed E-state index contributed by atoms with van der Waals surface area (Å²) in [4.78, 5) is 12.1. The van der Waals surface area contributed by atoms with Crippen LogP contribution in [0.2, 0.25) is 10.0 Å². The molecule has 0 heterocycles. The standard InChI is InChI=1S/C23H20Cl2O4/c1-29-23(28)21-18(22(25)20(27)13-19(21)26)10-9-15-6-2-3-7-16(15)11-14-5-4-8-17(24)12-14/h2-8,12-13,26-27H,9-11H2,1H3. The monoisotopic (exact) mass is 430 g/mol. The average Bonchev–Trinajstić information content (AvgIpc) is 2.70. The number of benzene rings is 3. The van der Waals surface area contributed by atoms with Crippen molar-refractivity contribution in [1.29, 1.82) is 0 Å². The lowest BCUT2D eigenvalue weighted by atomic mass is 9.93. The van der Waals surface area contributed by atoms with E-state index in [-0.39, 0.29) is 22.1 Å². The van der Waals surface area contributed by atoms with Crippen molar-refractivity contribution >= 4 is 29.2 Å². The fourth-order valence-electron chi connectivity index (χ4n) is 3.35. The number of carbonyl (C=O) groups excluding carboxylic acids is 1. The van der Waals surface area contributed by atoms with Gasteiger partial charge in [-0.25, -0.2) is 4.79 Å². The van der Waals surface area contributed by atoms with Crippen LogP contribution in [-0.2, 0) is 24.0 Å². The molecule has 0 unspecified atom stereocenters. The first-order chi connectivity index (χ1) is 13.9. The number of aryl methyl sites for hydroxylation is 1. The number of rotatable bonds is 6. The number of halogens is 2. The molecule has 0 aromatic heterocycles. The smallest absolute Gasteiger partial charge is 0.341 e. The Kier molecular flexibility index (Phi) is 6.68. The molecule has 0 amide bonds. The van der Waals surface area contributed by atoms with Crippen molar-refractivity contribution in [2.24, 2.45) is 0 Å². The third-order valence-electron chi connectivity index (χ3n) is 4.76. The summed E-state index contributed by atoms with van der Waals surface area (Å²) in [6.07, 6.45) is 1.61. The number of methoxy groups -OCH3 is 1. The Balaban J connectivity index is 1.90. The average molecular weight is 431 g/mol. The number of hydrogen-bond donors (Lipinski definition) is 2. The molecule has 0 spiro atoms. The summed E-state index contributed by atoms with van der Waals surface area (Å²) in [6.45, 7) is 0. The quantitative estimate of drug-likeness (QED) is 0.501. The first-order valence-electron chi connectivity index (χ1n) is 9.03. The fraction of sp³-hybridized carbons (Fsp3) is 0.174. The van der Waals surface area contributed by atoms with Crippen LogP contribution in [0.5, 0.6) is 11.5 Å². The van der Waals surface area contributed by atoms with Crippen LogP contribution in [0.4, 0.5) is 0 Å². The van der Waals surface area contributed by atoms with Gasteiger partial charge in [-0.05, 0) is 53.6 Å². The first-order valence-corrected chi connectivity index (χ1v) is 9.79. The highest BCUT2D eigenvalue weighted by atomic mass is 35.5. The van der Waals surface area contributed by atoms with Crippen molar-refractivity contribution < 1.29 is 19.7 Å². The predicted molar refractivity (Wildman–Crippen MR) is 114 cm³/mol. The minimum Gasteiger partial charge on any atom is -0.507 e. The lowest BCUT2D eigenvalue weighted by Crippen LogP contribution is -2.09. The lowest BCUT2D eigenvalue weighted by Gasteiger charge is -2.15. The van der Waals surface area contributed by atoms with Crippen molar-refractivity contribution in [3.8, 4) is 11.5 Å². The van der Waals surface area contributed by atoms with Crippen LogP contribution in [0, 0.1) is 0 Å². The number of ether oxygens (including phenoxy) is 1. The van der Waals surface area contributed by atoms with Gasteiger partial charge in [0.25, 0.3) is 0 Å². The maximum atomic E-state index is 12.1. The molecular weight excluding hydrogens is 411 g/mol. The second-order valence-corrected chi connectivity index (χ2v) is 7.46. The van der Waals surface area contributed by atoms with Crippen LogP contribution in [-0.4, -0.2) is 23.3 Å². The highest BCUT2D eigenvalue weighted by Crippen LogP contribution is 2.37. The molecule has 0 bridgehead atoms. The number of phenols is 2. The Hall–Kier alpha value is -2.69. The zero-order valence-corrected chi connectivity index (χ0v) is 17.3. The zero-order chi connectivity index (χ0) is 21.0. The van der Waals surface area contributed by atoms with Crippen molar-refractivity contribution in [2.45, 2.75) is 19.3 Å². The molecule has 0 aliphatic carbocycles. The Morgan fingerprint density at radius 1 is 0.931 bits per heavy atom. The summed E-state index contributed by atoms with van der Waals surface area (Å²) in [5.41, 5.74) is 3.61. The molecule has 0 saturated heterocycles. The molecule has 6 heteroatoms. The highest BCUT2D eigenvalue weighted by Gasteiger charge is 2.23. The van der Waals surface area contributed by atoms with E-state index < -0.39 is 5.97 Å². The third-order valence-corrected chi connectivity index (χ3v) is 5.41. The minimum atomic E-state index is -0.702. The molecule has 3 aromatic rings. The third kappa shape index (κ3) is 4.84. The molecule has 0 fully saturated rings. The van der Waals surface area contributed by atoms with E-state index in [4.69, 9.17) is 27.9 Å². The van der Waals surface area contributed by atoms with Crippen LogP contribution in [0.3, 0.4) is 0 Å². The predicted octanol–water partition coefficient (Wildman–Crippen LogP) is 5.57. The van der Waals surface area contributed by atoms with Crippen LogP contribution in [0.25, 0.3) is 0 Å². The second kappa shape index (κ2) is 9.21. The molecule has 2 N–H and O–H groups in total. The molecule has 0 aliphatic heterocycles. The van der Waals surface area contributed by atoms with E-state index in [9.17, 15) is 15.0 Å². The molecule has 0 aliphatic rings. The van der Waals surface area contributed by atoms with Gasteiger partial charge in [-0.1, -0.05) is 59.6 Å². The first kappa shape index (κ1) is 21.0. The molecule has 0 saturated carbocycles. The SMILES string of the molecule is COC(=O)c1c(O)cc(O)c(Cl)c1CCc1ccccc1Cc1cccc(Cl)c1.